The van der Waals surface area contributed by atoms with Gasteiger partial charge in [-0.2, -0.15) is 0 Å². The number of rotatable bonds is 21. The van der Waals surface area contributed by atoms with Gasteiger partial charge in [-0.05, 0) is 24.7 Å². The third kappa shape index (κ3) is 18.3. The first-order valence-corrected chi connectivity index (χ1v) is 13.0. The lowest BCUT2D eigenvalue weighted by atomic mass is 10.0. The molecule has 8 heteroatoms. The van der Waals surface area contributed by atoms with Crippen LogP contribution in [0.2, 0.25) is 0 Å². The highest BCUT2D eigenvalue weighted by atomic mass is 16.4. The Morgan fingerprint density at radius 1 is 0.529 bits per heavy atom. The van der Waals surface area contributed by atoms with E-state index < -0.39 is 11.9 Å². The molecule has 0 heterocycles. The number of aliphatic carboxylic acids is 2. The highest BCUT2D eigenvalue weighted by molar-refractivity contribution is 5.78. The van der Waals surface area contributed by atoms with Gasteiger partial charge in [0.15, 0.2) is 0 Å². The first-order valence-electron chi connectivity index (χ1n) is 13.0. The Balaban J connectivity index is 4.84. The minimum atomic E-state index is -0.977. The van der Waals surface area contributed by atoms with Gasteiger partial charge < -0.3 is 20.0 Å². The molecule has 0 aromatic rings. The zero-order chi connectivity index (χ0) is 25.9. The van der Waals surface area contributed by atoms with E-state index in [-0.39, 0.29) is 50.8 Å². The maximum atomic E-state index is 12.7. The molecule has 0 bridgehead atoms. The van der Waals surface area contributed by atoms with Crippen LogP contribution in [-0.4, -0.2) is 69.9 Å². The molecule has 0 rings (SSSR count). The Morgan fingerprint density at radius 2 is 0.882 bits per heavy atom. The molecule has 198 valence electrons. The zero-order valence-electron chi connectivity index (χ0n) is 21.9. The highest BCUT2D eigenvalue weighted by Crippen LogP contribution is 2.13. The molecule has 2 N–H and O–H groups in total. The standard InChI is InChI=1S/C26H48N2O6/c1-21(2)11-7-5-9-13-23(29)27(17-15-25(31)32)19-20-28(18-16-26(33)34)24(30)14-10-6-8-12-22(3)4/h21-22H,5-20H2,1-4H3,(H,31,32)(H,33,34). The normalized spacial score (nSPS) is 11.1. The average Bonchev–Trinajstić information content (AvgIpc) is 2.74. The van der Waals surface area contributed by atoms with Crippen molar-refractivity contribution < 1.29 is 29.4 Å². The van der Waals surface area contributed by atoms with Crippen LogP contribution >= 0.6 is 0 Å². The van der Waals surface area contributed by atoms with Crippen LogP contribution in [0.25, 0.3) is 0 Å². The molecule has 0 spiro atoms. The Labute approximate surface area is 206 Å². The maximum Gasteiger partial charge on any atom is 0.305 e. The van der Waals surface area contributed by atoms with E-state index in [0.29, 0.717) is 24.7 Å². The second kappa shape index (κ2) is 19.2. The molecule has 0 aliphatic rings. The topological polar surface area (TPSA) is 115 Å². The van der Waals surface area contributed by atoms with E-state index in [9.17, 15) is 19.2 Å². The van der Waals surface area contributed by atoms with Crippen LogP contribution < -0.4 is 0 Å². The summed E-state index contributed by atoms with van der Waals surface area (Å²) in [5, 5.41) is 18.1. The second-order valence-electron chi connectivity index (χ2n) is 10.0. The Bertz CT molecular complexity index is 554. The van der Waals surface area contributed by atoms with Crippen LogP contribution in [0.5, 0.6) is 0 Å². The highest BCUT2D eigenvalue weighted by Gasteiger charge is 2.19. The van der Waals surface area contributed by atoms with Gasteiger partial charge in [-0.15, -0.1) is 0 Å². The van der Waals surface area contributed by atoms with Crippen LogP contribution in [0.3, 0.4) is 0 Å². The quantitative estimate of drug-likeness (QED) is 0.226. The molecule has 2 amide bonds. The number of carboxylic acid groups (broad SMARTS) is 2. The largest absolute Gasteiger partial charge is 0.481 e. The van der Waals surface area contributed by atoms with E-state index in [2.05, 4.69) is 27.7 Å². The summed E-state index contributed by atoms with van der Waals surface area (Å²) in [6.45, 7) is 9.30. The molecule has 0 aliphatic carbocycles. The van der Waals surface area contributed by atoms with E-state index >= 15 is 0 Å². The molecule has 0 radical (unpaired) electrons. The van der Waals surface area contributed by atoms with Crippen molar-refractivity contribution in [1.29, 1.82) is 0 Å². The van der Waals surface area contributed by atoms with E-state index in [1.54, 1.807) is 0 Å². The lowest BCUT2D eigenvalue weighted by molar-refractivity contribution is -0.141. The number of unbranched alkanes of at least 4 members (excludes halogenated alkanes) is 4. The molecule has 0 unspecified atom stereocenters. The molecular formula is C26H48N2O6. The summed E-state index contributed by atoms with van der Waals surface area (Å²) in [6, 6.07) is 0. The summed E-state index contributed by atoms with van der Waals surface area (Å²) >= 11 is 0. The number of hydrogen-bond donors (Lipinski definition) is 2. The van der Waals surface area contributed by atoms with Gasteiger partial charge in [0.2, 0.25) is 11.8 Å². The maximum absolute atomic E-state index is 12.7. The lowest BCUT2D eigenvalue weighted by Crippen LogP contribution is -2.42. The van der Waals surface area contributed by atoms with Gasteiger partial charge in [-0.3, -0.25) is 19.2 Å². The number of carbonyl (C=O) groups excluding carboxylic acids is 2. The van der Waals surface area contributed by atoms with Gasteiger partial charge in [0.25, 0.3) is 0 Å². The predicted octanol–water partition coefficient (Wildman–Crippen LogP) is 4.81. The smallest absolute Gasteiger partial charge is 0.305 e. The molecule has 0 saturated heterocycles. The first kappa shape index (κ1) is 31.9. The van der Waals surface area contributed by atoms with Crippen molar-refractivity contribution in [2.75, 3.05) is 26.2 Å². The Morgan fingerprint density at radius 3 is 1.18 bits per heavy atom. The molecule has 8 nitrogen and oxygen atoms in total. The minimum Gasteiger partial charge on any atom is -0.481 e. The summed E-state index contributed by atoms with van der Waals surface area (Å²) in [6.07, 6.45) is 8.20. The summed E-state index contributed by atoms with van der Waals surface area (Å²) in [5.41, 5.74) is 0. The number of nitrogens with zero attached hydrogens (tertiary/aromatic N) is 2. The van der Waals surface area contributed by atoms with Crippen molar-refractivity contribution in [2.24, 2.45) is 11.8 Å². The fourth-order valence-corrected chi connectivity index (χ4v) is 3.75. The first-order chi connectivity index (χ1) is 16.0. The van der Waals surface area contributed by atoms with Crippen molar-refractivity contribution >= 4 is 23.8 Å². The number of amides is 2. The monoisotopic (exact) mass is 484 g/mol. The van der Waals surface area contributed by atoms with Crippen molar-refractivity contribution in [3.63, 3.8) is 0 Å². The zero-order valence-corrected chi connectivity index (χ0v) is 21.9. The molecule has 0 aromatic heterocycles. The average molecular weight is 485 g/mol. The van der Waals surface area contributed by atoms with Crippen LogP contribution in [-0.2, 0) is 19.2 Å². The summed E-state index contributed by atoms with van der Waals surface area (Å²) in [5.74, 6) is -0.903. The van der Waals surface area contributed by atoms with Gasteiger partial charge in [-0.1, -0.05) is 66.2 Å². The predicted molar refractivity (Wildman–Crippen MR) is 134 cm³/mol. The molecule has 0 aliphatic heterocycles. The molecular weight excluding hydrogens is 436 g/mol. The summed E-state index contributed by atoms with van der Waals surface area (Å²) in [7, 11) is 0. The van der Waals surface area contributed by atoms with Crippen molar-refractivity contribution in [1.82, 2.24) is 9.80 Å². The van der Waals surface area contributed by atoms with Crippen molar-refractivity contribution in [3.05, 3.63) is 0 Å². The van der Waals surface area contributed by atoms with Gasteiger partial charge in [0.1, 0.15) is 0 Å². The fraction of sp³-hybridized carbons (Fsp3) is 0.846. The van der Waals surface area contributed by atoms with Crippen LogP contribution in [0.1, 0.15) is 105 Å². The van der Waals surface area contributed by atoms with Crippen LogP contribution in [0, 0.1) is 11.8 Å². The van der Waals surface area contributed by atoms with Gasteiger partial charge in [0.05, 0.1) is 12.8 Å². The van der Waals surface area contributed by atoms with Crippen LogP contribution in [0.4, 0.5) is 0 Å². The molecule has 0 saturated carbocycles. The molecule has 0 aromatic carbocycles. The van der Waals surface area contributed by atoms with Gasteiger partial charge in [0, 0.05) is 39.0 Å². The lowest BCUT2D eigenvalue weighted by Gasteiger charge is -2.28. The third-order valence-electron chi connectivity index (χ3n) is 5.88. The third-order valence-corrected chi connectivity index (χ3v) is 5.88. The Hall–Kier alpha value is -2.12. The van der Waals surface area contributed by atoms with Gasteiger partial charge in [-0.25, -0.2) is 0 Å². The number of hydrogen-bond acceptors (Lipinski definition) is 4. The summed E-state index contributed by atoms with van der Waals surface area (Å²) in [4.78, 5) is 50.6. The van der Waals surface area contributed by atoms with Crippen molar-refractivity contribution in [2.45, 2.75) is 105 Å². The van der Waals surface area contributed by atoms with Crippen LogP contribution in [0.15, 0.2) is 0 Å². The molecule has 0 fully saturated rings. The number of carboxylic acids is 2. The molecule has 0 atom stereocenters. The molecule has 34 heavy (non-hydrogen) atoms. The second-order valence-corrected chi connectivity index (χ2v) is 10.0. The Kier molecular flexibility index (Phi) is 18.0. The summed E-state index contributed by atoms with van der Waals surface area (Å²) < 4.78 is 0. The van der Waals surface area contributed by atoms with E-state index in [0.717, 1.165) is 51.4 Å². The SMILES string of the molecule is CC(C)CCCCCC(=O)N(CCC(=O)O)CCN(CCC(=O)O)C(=O)CCCCCC(C)C. The number of carbonyl (C=O) groups is 4. The van der Waals surface area contributed by atoms with Crippen molar-refractivity contribution in [3.8, 4) is 0 Å². The fourth-order valence-electron chi connectivity index (χ4n) is 3.75. The van der Waals surface area contributed by atoms with E-state index in [4.69, 9.17) is 10.2 Å². The van der Waals surface area contributed by atoms with Gasteiger partial charge >= 0.3 is 11.9 Å². The minimum absolute atomic E-state index is 0.0936. The van der Waals surface area contributed by atoms with E-state index in [1.165, 1.54) is 9.80 Å². The van der Waals surface area contributed by atoms with E-state index in [1.807, 2.05) is 0 Å².